The van der Waals surface area contributed by atoms with Gasteiger partial charge in [0.25, 0.3) is 0 Å². The van der Waals surface area contributed by atoms with Gasteiger partial charge in [-0.2, -0.15) is 0 Å². The summed E-state index contributed by atoms with van der Waals surface area (Å²) in [7, 11) is 0. The summed E-state index contributed by atoms with van der Waals surface area (Å²) in [5.41, 5.74) is 1.83. The van der Waals surface area contributed by atoms with Crippen molar-refractivity contribution in [3.05, 3.63) is 65.9 Å². The minimum Gasteiger partial charge on any atom is -0.491 e. The zero-order valence-corrected chi connectivity index (χ0v) is 15.3. The van der Waals surface area contributed by atoms with E-state index in [9.17, 15) is 4.79 Å². The first-order valence-corrected chi connectivity index (χ1v) is 8.79. The van der Waals surface area contributed by atoms with Crippen molar-refractivity contribution < 1.29 is 13.9 Å². The number of fused-ring (bicyclic) bond motifs is 1. The molecule has 0 bridgehead atoms. The lowest BCUT2D eigenvalue weighted by Gasteiger charge is -2.13. The van der Waals surface area contributed by atoms with E-state index >= 15 is 0 Å². The van der Waals surface area contributed by atoms with E-state index in [0.717, 1.165) is 28.0 Å². The van der Waals surface area contributed by atoms with Crippen molar-refractivity contribution in [3.8, 4) is 5.75 Å². The van der Waals surface area contributed by atoms with Crippen molar-refractivity contribution in [1.82, 2.24) is 10.6 Å². The Kier molecular flexibility index (Phi) is 5.46. The van der Waals surface area contributed by atoms with Crippen molar-refractivity contribution in [2.45, 2.75) is 39.5 Å². The third-order valence-electron chi connectivity index (χ3n) is 3.97. The molecule has 2 aromatic carbocycles. The van der Waals surface area contributed by atoms with Crippen LogP contribution in [0.5, 0.6) is 5.75 Å². The minimum absolute atomic E-state index is 0.143. The van der Waals surface area contributed by atoms with Gasteiger partial charge in [-0.1, -0.05) is 30.3 Å². The molecule has 0 aliphatic heterocycles. The molecular formula is C21H24N2O3. The molecule has 3 aromatic rings. The van der Waals surface area contributed by atoms with Crippen LogP contribution < -0.4 is 15.4 Å². The van der Waals surface area contributed by atoms with Crippen molar-refractivity contribution in [1.29, 1.82) is 0 Å². The number of nitrogens with one attached hydrogen (secondary N) is 2. The maximum Gasteiger partial charge on any atom is 0.315 e. The Morgan fingerprint density at radius 1 is 1.08 bits per heavy atom. The van der Waals surface area contributed by atoms with E-state index in [1.54, 1.807) is 0 Å². The van der Waals surface area contributed by atoms with Crippen LogP contribution in [0.1, 0.15) is 38.1 Å². The number of carbonyl (C=O) groups excluding carboxylic acids is 1. The molecule has 3 rings (SSSR count). The lowest BCUT2D eigenvalue weighted by atomic mass is 10.2. The molecule has 0 fully saturated rings. The molecule has 0 aliphatic rings. The van der Waals surface area contributed by atoms with Gasteiger partial charge in [-0.3, -0.25) is 0 Å². The highest BCUT2D eigenvalue weighted by Gasteiger charge is 2.13. The van der Waals surface area contributed by atoms with Gasteiger partial charge in [0, 0.05) is 11.9 Å². The Morgan fingerprint density at radius 2 is 1.81 bits per heavy atom. The van der Waals surface area contributed by atoms with Crippen LogP contribution in [0.4, 0.5) is 4.79 Å². The summed E-state index contributed by atoms with van der Waals surface area (Å²) in [4.78, 5) is 12.1. The summed E-state index contributed by atoms with van der Waals surface area (Å²) in [6.45, 7) is 6.32. The van der Waals surface area contributed by atoms with E-state index < -0.39 is 0 Å². The summed E-state index contributed by atoms with van der Waals surface area (Å²) in [6.07, 6.45) is 0.143. The molecule has 136 valence electrons. The van der Waals surface area contributed by atoms with E-state index in [4.69, 9.17) is 9.15 Å². The Labute approximate surface area is 153 Å². The molecule has 1 atom stereocenters. The van der Waals surface area contributed by atoms with Gasteiger partial charge in [-0.15, -0.1) is 0 Å². The second-order valence-corrected chi connectivity index (χ2v) is 6.55. The molecule has 1 heterocycles. The predicted molar refractivity (Wildman–Crippen MR) is 102 cm³/mol. The normalized spacial score (nSPS) is 12.2. The van der Waals surface area contributed by atoms with E-state index in [1.807, 2.05) is 75.4 Å². The van der Waals surface area contributed by atoms with Gasteiger partial charge in [0.05, 0.1) is 12.1 Å². The van der Waals surface area contributed by atoms with Crippen LogP contribution in [0.3, 0.4) is 0 Å². The van der Waals surface area contributed by atoms with Crippen LogP contribution in [-0.2, 0) is 6.54 Å². The molecule has 1 aromatic heterocycles. The van der Waals surface area contributed by atoms with E-state index in [1.165, 1.54) is 0 Å². The second-order valence-electron chi connectivity index (χ2n) is 6.55. The third kappa shape index (κ3) is 4.57. The SMILES string of the molecule is CC(C)Oc1ccc(CNC(=O)NC(C)c2cc3ccccc3o2)cc1. The molecule has 0 saturated carbocycles. The second kappa shape index (κ2) is 7.95. The number of ether oxygens (including phenoxy) is 1. The van der Waals surface area contributed by atoms with Crippen molar-refractivity contribution in [2.75, 3.05) is 0 Å². The van der Waals surface area contributed by atoms with Crippen LogP contribution in [0.25, 0.3) is 11.0 Å². The van der Waals surface area contributed by atoms with Crippen LogP contribution in [0, 0.1) is 0 Å². The number of para-hydroxylation sites is 1. The number of hydrogen-bond donors (Lipinski definition) is 2. The molecule has 0 spiro atoms. The molecule has 1 unspecified atom stereocenters. The molecule has 5 heteroatoms. The summed E-state index contributed by atoms with van der Waals surface area (Å²) in [6, 6.07) is 17.0. The first-order valence-electron chi connectivity index (χ1n) is 8.79. The van der Waals surface area contributed by atoms with Gasteiger partial charge in [-0.05, 0) is 50.6 Å². The van der Waals surface area contributed by atoms with E-state index in [0.29, 0.717) is 6.54 Å². The van der Waals surface area contributed by atoms with Gasteiger partial charge < -0.3 is 19.8 Å². The average Bonchev–Trinajstić information content (AvgIpc) is 3.05. The first-order chi connectivity index (χ1) is 12.5. The molecule has 5 nitrogen and oxygen atoms in total. The average molecular weight is 352 g/mol. The Balaban J connectivity index is 1.51. The lowest BCUT2D eigenvalue weighted by Crippen LogP contribution is -2.36. The molecule has 2 N–H and O–H groups in total. The highest BCUT2D eigenvalue weighted by Crippen LogP contribution is 2.23. The number of benzene rings is 2. The fourth-order valence-corrected chi connectivity index (χ4v) is 2.67. The van der Waals surface area contributed by atoms with Crippen LogP contribution in [0.2, 0.25) is 0 Å². The van der Waals surface area contributed by atoms with Crippen LogP contribution in [0.15, 0.2) is 59.0 Å². The lowest BCUT2D eigenvalue weighted by molar-refractivity contribution is 0.236. The molecular weight excluding hydrogens is 328 g/mol. The molecule has 0 radical (unpaired) electrons. The summed E-state index contributed by atoms with van der Waals surface area (Å²) in [5, 5.41) is 6.79. The highest BCUT2D eigenvalue weighted by atomic mass is 16.5. The molecule has 0 aliphatic carbocycles. The van der Waals surface area contributed by atoms with Gasteiger partial charge in [0.1, 0.15) is 17.1 Å². The van der Waals surface area contributed by atoms with Crippen molar-refractivity contribution >= 4 is 17.0 Å². The summed E-state index contributed by atoms with van der Waals surface area (Å²) < 4.78 is 11.4. The van der Waals surface area contributed by atoms with Gasteiger partial charge in [0.15, 0.2) is 0 Å². The molecule has 0 saturated heterocycles. The quantitative estimate of drug-likeness (QED) is 0.671. The topological polar surface area (TPSA) is 63.5 Å². The van der Waals surface area contributed by atoms with Crippen LogP contribution >= 0.6 is 0 Å². The van der Waals surface area contributed by atoms with Crippen molar-refractivity contribution in [3.63, 3.8) is 0 Å². The Hall–Kier alpha value is -2.95. The van der Waals surface area contributed by atoms with E-state index in [2.05, 4.69) is 10.6 Å². The smallest absolute Gasteiger partial charge is 0.315 e. The number of urea groups is 1. The number of furan rings is 1. The van der Waals surface area contributed by atoms with E-state index in [-0.39, 0.29) is 18.2 Å². The number of amides is 2. The van der Waals surface area contributed by atoms with Crippen molar-refractivity contribution in [2.24, 2.45) is 0 Å². The number of carbonyl (C=O) groups is 1. The zero-order valence-electron chi connectivity index (χ0n) is 15.3. The number of rotatable bonds is 6. The third-order valence-corrected chi connectivity index (χ3v) is 3.97. The van der Waals surface area contributed by atoms with Crippen LogP contribution in [-0.4, -0.2) is 12.1 Å². The van der Waals surface area contributed by atoms with Gasteiger partial charge in [-0.25, -0.2) is 4.79 Å². The first kappa shape index (κ1) is 17.9. The Bertz CT molecular complexity index is 835. The fourth-order valence-electron chi connectivity index (χ4n) is 2.67. The fraction of sp³-hybridized carbons (Fsp3) is 0.286. The standard InChI is InChI=1S/C21H24N2O3/c1-14(2)25-18-10-8-16(9-11-18)13-22-21(24)23-15(3)20-12-17-6-4-5-7-19(17)26-20/h4-12,14-15H,13H2,1-3H3,(H2,22,23,24). The molecule has 2 amide bonds. The largest absolute Gasteiger partial charge is 0.491 e. The van der Waals surface area contributed by atoms with Gasteiger partial charge in [0.2, 0.25) is 0 Å². The maximum absolute atomic E-state index is 12.1. The molecule has 26 heavy (non-hydrogen) atoms. The predicted octanol–water partition coefficient (Wildman–Crippen LogP) is 4.78. The minimum atomic E-state index is -0.236. The summed E-state index contributed by atoms with van der Waals surface area (Å²) >= 11 is 0. The monoisotopic (exact) mass is 352 g/mol. The zero-order chi connectivity index (χ0) is 18.5. The number of hydrogen-bond acceptors (Lipinski definition) is 3. The van der Waals surface area contributed by atoms with Gasteiger partial charge >= 0.3 is 6.03 Å². The Morgan fingerprint density at radius 3 is 2.50 bits per heavy atom. The highest BCUT2D eigenvalue weighted by molar-refractivity contribution is 5.78. The summed E-state index contributed by atoms with van der Waals surface area (Å²) in [5.74, 6) is 1.56. The maximum atomic E-state index is 12.1.